The van der Waals surface area contributed by atoms with Gasteiger partial charge in [0.25, 0.3) is 0 Å². The fraction of sp³-hybridized carbons (Fsp3) is 0.381. The first kappa shape index (κ1) is 19.8. The summed E-state index contributed by atoms with van der Waals surface area (Å²) in [5.41, 5.74) is 1.83. The fourth-order valence-corrected chi connectivity index (χ4v) is 2.53. The summed E-state index contributed by atoms with van der Waals surface area (Å²) in [6.45, 7) is 8.23. The third-order valence-corrected chi connectivity index (χ3v) is 4.14. The highest BCUT2D eigenvalue weighted by atomic mass is 16.5. The number of hydrogen-bond acceptors (Lipinski definition) is 4. The van der Waals surface area contributed by atoms with E-state index in [4.69, 9.17) is 9.47 Å². The molecule has 1 amide bonds. The predicted molar refractivity (Wildman–Crippen MR) is 105 cm³/mol. The number of hydrogen-bond donors (Lipinski definition) is 1. The number of nitrogens with zero attached hydrogens (tertiary/aromatic N) is 1. The van der Waals surface area contributed by atoms with Crippen molar-refractivity contribution in [1.29, 1.82) is 0 Å². The lowest BCUT2D eigenvalue weighted by molar-refractivity contribution is 0.163. The predicted octanol–water partition coefficient (Wildman–Crippen LogP) is 4.20. The smallest absolute Gasteiger partial charge is 0.411 e. The number of anilines is 1. The van der Waals surface area contributed by atoms with Crippen molar-refractivity contribution in [1.82, 2.24) is 4.90 Å². The lowest BCUT2D eigenvalue weighted by Crippen LogP contribution is -2.27. The zero-order valence-electron chi connectivity index (χ0n) is 15.6. The number of carbonyl (C=O) groups is 1. The normalized spacial score (nSPS) is 10.6. The van der Waals surface area contributed by atoms with Crippen molar-refractivity contribution in [2.75, 3.05) is 38.2 Å². The van der Waals surface area contributed by atoms with Gasteiger partial charge < -0.3 is 14.4 Å². The monoisotopic (exact) mass is 356 g/mol. The third-order valence-electron chi connectivity index (χ3n) is 4.14. The molecule has 0 atom stereocenters. The van der Waals surface area contributed by atoms with Crippen LogP contribution >= 0.6 is 0 Å². The van der Waals surface area contributed by atoms with Crippen molar-refractivity contribution in [3.63, 3.8) is 0 Å². The number of carbonyl (C=O) groups excluding carboxylic acids is 1. The molecule has 0 aliphatic heterocycles. The van der Waals surface area contributed by atoms with E-state index in [0.29, 0.717) is 25.3 Å². The molecular weight excluding hydrogens is 328 g/mol. The Balaban J connectivity index is 1.68. The van der Waals surface area contributed by atoms with Crippen molar-refractivity contribution in [3.8, 4) is 5.75 Å². The highest BCUT2D eigenvalue weighted by Crippen LogP contribution is 2.16. The Kier molecular flexibility index (Phi) is 8.49. The van der Waals surface area contributed by atoms with Gasteiger partial charge in [0.05, 0.1) is 6.61 Å². The van der Waals surface area contributed by atoms with Gasteiger partial charge in [-0.05, 0) is 42.9 Å². The molecule has 0 radical (unpaired) electrons. The molecule has 5 heteroatoms. The van der Waals surface area contributed by atoms with Crippen LogP contribution in [0.2, 0.25) is 0 Å². The first-order chi connectivity index (χ1) is 12.7. The molecule has 2 aromatic carbocycles. The van der Waals surface area contributed by atoms with Gasteiger partial charge >= 0.3 is 6.09 Å². The molecule has 0 saturated carbocycles. The minimum Gasteiger partial charge on any atom is -0.492 e. The van der Waals surface area contributed by atoms with Crippen LogP contribution in [0.25, 0.3) is 0 Å². The molecule has 2 aromatic rings. The third kappa shape index (κ3) is 7.15. The Morgan fingerprint density at radius 3 is 2.31 bits per heavy atom. The minimum absolute atomic E-state index is 0.350. The quantitative estimate of drug-likeness (QED) is 0.693. The van der Waals surface area contributed by atoms with Crippen LogP contribution < -0.4 is 10.1 Å². The molecule has 140 valence electrons. The number of benzene rings is 2. The summed E-state index contributed by atoms with van der Waals surface area (Å²) in [6, 6.07) is 17.3. The van der Waals surface area contributed by atoms with E-state index in [0.717, 1.165) is 30.9 Å². The maximum absolute atomic E-state index is 11.8. The van der Waals surface area contributed by atoms with E-state index in [1.54, 1.807) is 0 Å². The molecule has 5 nitrogen and oxygen atoms in total. The van der Waals surface area contributed by atoms with Crippen LogP contribution in [0.15, 0.2) is 54.6 Å². The second-order valence-electron chi connectivity index (χ2n) is 5.90. The zero-order chi connectivity index (χ0) is 18.6. The molecule has 0 aromatic heterocycles. The molecule has 0 aliphatic rings. The van der Waals surface area contributed by atoms with Crippen LogP contribution in [0.1, 0.15) is 19.4 Å². The van der Waals surface area contributed by atoms with Crippen LogP contribution in [-0.4, -0.2) is 43.8 Å². The van der Waals surface area contributed by atoms with Crippen molar-refractivity contribution >= 4 is 11.8 Å². The van der Waals surface area contributed by atoms with Crippen molar-refractivity contribution in [2.24, 2.45) is 0 Å². The molecule has 2 rings (SSSR count). The van der Waals surface area contributed by atoms with Crippen LogP contribution in [0.4, 0.5) is 10.5 Å². The minimum atomic E-state index is -0.448. The number of rotatable bonds is 10. The zero-order valence-corrected chi connectivity index (χ0v) is 15.6. The van der Waals surface area contributed by atoms with Gasteiger partial charge in [0.15, 0.2) is 0 Å². The first-order valence-electron chi connectivity index (χ1n) is 9.14. The molecule has 0 spiro atoms. The second kappa shape index (κ2) is 11.2. The largest absolute Gasteiger partial charge is 0.492 e. The molecule has 1 N–H and O–H groups in total. The summed E-state index contributed by atoms with van der Waals surface area (Å²) in [6.07, 6.45) is 0.254. The van der Waals surface area contributed by atoms with E-state index >= 15 is 0 Å². The summed E-state index contributed by atoms with van der Waals surface area (Å²) in [4.78, 5) is 14.1. The Labute approximate surface area is 155 Å². The maximum Gasteiger partial charge on any atom is 0.411 e. The van der Waals surface area contributed by atoms with E-state index in [9.17, 15) is 4.79 Å². The molecule has 0 bridgehead atoms. The van der Waals surface area contributed by atoms with Crippen LogP contribution in [0.3, 0.4) is 0 Å². The standard InChI is InChI=1S/C21H28N2O3/c1-3-23(4-2)15-17-25-20-12-10-19(11-13-20)22-21(24)26-16-14-18-8-6-5-7-9-18/h5-13H,3-4,14-17H2,1-2H3,(H,22,24). The van der Waals surface area contributed by atoms with Gasteiger partial charge in [-0.1, -0.05) is 44.2 Å². The van der Waals surface area contributed by atoms with E-state index in [2.05, 4.69) is 24.1 Å². The van der Waals surface area contributed by atoms with Crippen LogP contribution in [0.5, 0.6) is 5.75 Å². The molecule has 0 saturated heterocycles. The van der Waals surface area contributed by atoms with E-state index in [-0.39, 0.29) is 0 Å². The Morgan fingerprint density at radius 1 is 0.962 bits per heavy atom. The Morgan fingerprint density at radius 2 is 1.65 bits per heavy atom. The number of likely N-dealkylation sites (N-methyl/N-ethyl adjacent to an activating group) is 1. The van der Waals surface area contributed by atoms with Gasteiger partial charge in [-0.15, -0.1) is 0 Å². The fourth-order valence-electron chi connectivity index (χ4n) is 2.53. The lowest BCUT2D eigenvalue weighted by atomic mass is 10.2. The van der Waals surface area contributed by atoms with Crippen LogP contribution in [-0.2, 0) is 11.2 Å². The van der Waals surface area contributed by atoms with Crippen molar-refractivity contribution in [2.45, 2.75) is 20.3 Å². The summed E-state index contributed by atoms with van der Waals surface area (Å²) in [5, 5.41) is 2.72. The van der Waals surface area contributed by atoms with Gasteiger partial charge in [0.1, 0.15) is 12.4 Å². The molecule has 0 unspecified atom stereocenters. The average molecular weight is 356 g/mol. The van der Waals surface area contributed by atoms with E-state index in [1.165, 1.54) is 0 Å². The van der Waals surface area contributed by atoms with E-state index in [1.807, 2.05) is 54.6 Å². The summed E-state index contributed by atoms with van der Waals surface area (Å²) in [5.74, 6) is 0.792. The SMILES string of the molecule is CCN(CC)CCOc1ccc(NC(=O)OCCc2ccccc2)cc1. The lowest BCUT2D eigenvalue weighted by Gasteiger charge is -2.18. The van der Waals surface area contributed by atoms with Gasteiger partial charge in [-0.25, -0.2) is 4.79 Å². The summed E-state index contributed by atoms with van der Waals surface area (Å²) >= 11 is 0. The highest BCUT2D eigenvalue weighted by Gasteiger charge is 2.04. The van der Waals surface area contributed by atoms with Gasteiger partial charge in [0, 0.05) is 18.7 Å². The Hall–Kier alpha value is -2.53. The number of nitrogens with one attached hydrogen (secondary N) is 1. The molecule has 26 heavy (non-hydrogen) atoms. The number of ether oxygens (including phenoxy) is 2. The molecule has 0 aliphatic carbocycles. The van der Waals surface area contributed by atoms with Gasteiger partial charge in [-0.2, -0.15) is 0 Å². The van der Waals surface area contributed by atoms with E-state index < -0.39 is 6.09 Å². The van der Waals surface area contributed by atoms with Crippen molar-refractivity contribution in [3.05, 3.63) is 60.2 Å². The first-order valence-corrected chi connectivity index (χ1v) is 9.14. The maximum atomic E-state index is 11.8. The summed E-state index contributed by atoms with van der Waals surface area (Å²) in [7, 11) is 0. The molecule has 0 heterocycles. The van der Waals surface area contributed by atoms with Gasteiger partial charge in [-0.3, -0.25) is 5.32 Å². The highest BCUT2D eigenvalue weighted by molar-refractivity contribution is 5.84. The van der Waals surface area contributed by atoms with Crippen LogP contribution in [0, 0.1) is 0 Å². The average Bonchev–Trinajstić information content (AvgIpc) is 2.67. The molecular formula is C21H28N2O3. The topological polar surface area (TPSA) is 50.8 Å². The second-order valence-corrected chi connectivity index (χ2v) is 5.90. The molecule has 0 fully saturated rings. The van der Waals surface area contributed by atoms with Crippen molar-refractivity contribution < 1.29 is 14.3 Å². The summed E-state index contributed by atoms with van der Waals surface area (Å²) < 4.78 is 10.9. The van der Waals surface area contributed by atoms with Gasteiger partial charge in [0.2, 0.25) is 0 Å². The Bertz CT molecular complexity index is 640. The number of amides is 1.